The Hall–Kier alpha value is -3.45. The Morgan fingerprint density at radius 2 is 1.69 bits per heavy atom. The molecule has 0 aliphatic heterocycles. The molecule has 35 heavy (non-hydrogen) atoms. The van der Waals surface area contributed by atoms with Crippen LogP contribution in [0.1, 0.15) is 63.9 Å². The number of hydrogen-bond donors (Lipinski definition) is 2. The van der Waals surface area contributed by atoms with E-state index in [1.54, 1.807) is 38.1 Å². The molecule has 0 fully saturated rings. The summed E-state index contributed by atoms with van der Waals surface area (Å²) in [6.07, 6.45) is 1.43. The van der Waals surface area contributed by atoms with Crippen molar-refractivity contribution >= 4 is 39.8 Å². The minimum Gasteiger partial charge on any atom is -0.444 e. The van der Waals surface area contributed by atoms with E-state index in [-0.39, 0.29) is 11.8 Å². The largest absolute Gasteiger partial charge is 0.444 e. The molecule has 182 valence electrons. The van der Waals surface area contributed by atoms with Crippen LogP contribution in [0.15, 0.2) is 48.5 Å². The van der Waals surface area contributed by atoms with Gasteiger partial charge in [0.25, 0.3) is 5.91 Å². The molecule has 2 aromatic carbocycles. The van der Waals surface area contributed by atoms with Crippen LogP contribution < -0.4 is 10.6 Å². The third kappa shape index (κ3) is 5.46. The molecule has 1 heterocycles. The quantitative estimate of drug-likeness (QED) is 0.399. The predicted octanol–water partition coefficient (Wildman–Crippen LogP) is 5.98. The highest BCUT2D eigenvalue weighted by atomic mass is 32.1. The SMILES string of the molecule is Cc1ccc(C)c(NC(=O)C(OC(=O)c2c(NC(=O)C(C)C)sc3c2CCC3)c2ccccc2)c1. The normalized spacial score (nSPS) is 13.3. The number of rotatable bonds is 7. The summed E-state index contributed by atoms with van der Waals surface area (Å²) in [7, 11) is 0. The van der Waals surface area contributed by atoms with E-state index in [0.717, 1.165) is 40.8 Å². The monoisotopic (exact) mass is 490 g/mol. The summed E-state index contributed by atoms with van der Waals surface area (Å²) in [6, 6.07) is 14.8. The highest BCUT2D eigenvalue weighted by Gasteiger charge is 2.32. The van der Waals surface area contributed by atoms with Gasteiger partial charge in [0.1, 0.15) is 5.00 Å². The number of carbonyl (C=O) groups is 3. The van der Waals surface area contributed by atoms with Crippen molar-refractivity contribution in [3.8, 4) is 0 Å². The Balaban J connectivity index is 1.65. The van der Waals surface area contributed by atoms with E-state index in [1.807, 2.05) is 38.1 Å². The van der Waals surface area contributed by atoms with Gasteiger partial charge in [0.2, 0.25) is 12.0 Å². The standard InChI is InChI=1S/C28H30N2O4S/c1-16(2)25(31)30-27-23(20-11-8-12-22(20)35-27)28(33)34-24(19-9-6-5-7-10-19)26(32)29-21-15-17(3)13-14-18(21)4/h5-7,9-10,13-16,24H,8,11-12H2,1-4H3,(H,29,32)(H,30,31). The third-order valence-electron chi connectivity index (χ3n) is 6.10. The van der Waals surface area contributed by atoms with Gasteiger partial charge in [-0.3, -0.25) is 9.59 Å². The van der Waals surface area contributed by atoms with Gasteiger partial charge in [-0.1, -0.05) is 56.3 Å². The van der Waals surface area contributed by atoms with Crippen molar-refractivity contribution in [3.05, 3.63) is 81.2 Å². The summed E-state index contributed by atoms with van der Waals surface area (Å²) in [5.74, 6) is -1.42. The number of fused-ring (bicyclic) bond motifs is 1. The number of thiophene rings is 1. The Kier molecular flexibility index (Phi) is 7.36. The highest BCUT2D eigenvalue weighted by molar-refractivity contribution is 7.17. The zero-order chi connectivity index (χ0) is 25.1. The molecule has 0 spiro atoms. The van der Waals surface area contributed by atoms with Gasteiger partial charge in [-0.2, -0.15) is 0 Å². The van der Waals surface area contributed by atoms with Crippen molar-refractivity contribution in [2.24, 2.45) is 5.92 Å². The summed E-state index contributed by atoms with van der Waals surface area (Å²) < 4.78 is 5.90. The maximum atomic E-state index is 13.6. The Morgan fingerprint density at radius 1 is 0.943 bits per heavy atom. The Bertz CT molecular complexity index is 1260. The van der Waals surface area contributed by atoms with Gasteiger partial charge in [0, 0.05) is 22.0 Å². The first kappa shape index (κ1) is 24.7. The molecule has 2 amide bonds. The van der Waals surface area contributed by atoms with E-state index in [1.165, 1.54) is 11.3 Å². The molecule has 0 radical (unpaired) electrons. The number of ether oxygens (including phenoxy) is 1. The highest BCUT2D eigenvalue weighted by Crippen LogP contribution is 2.40. The molecule has 1 unspecified atom stereocenters. The maximum Gasteiger partial charge on any atom is 0.342 e. The molecule has 0 saturated carbocycles. The molecule has 1 aliphatic carbocycles. The van der Waals surface area contributed by atoms with Gasteiger partial charge in [0.15, 0.2) is 0 Å². The molecule has 1 aliphatic rings. The number of hydrogen-bond acceptors (Lipinski definition) is 5. The van der Waals surface area contributed by atoms with Crippen molar-refractivity contribution in [1.82, 2.24) is 0 Å². The van der Waals surface area contributed by atoms with Gasteiger partial charge in [-0.05, 0) is 55.9 Å². The van der Waals surface area contributed by atoms with Crippen LogP contribution in [0.4, 0.5) is 10.7 Å². The first-order valence-electron chi connectivity index (χ1n) is 11.8. The number of anilines is 2. The molecule has 4 rings (SSSR count). The zero-order valence-corrected chi connectivity index (χ0v) is 21.3. The maximum absolute atomic E-state index is 13.6. The smallest absolute Gasteiger partial charge is 0.342 e. The molecule has 3 aromatic rings. The fraction of sp³-hybridized carbons (Fsp3) is 0.321. The molecule has 7 heteroatoms. The summed E-state index contributed by atoms with van der Waals surface area (Å²) in [5, 5.41) is 6.33. The molecular weight excluding hydrogens is 460 g/mol. The van der Waals surface area contributed by atoms with Crippen LogP contribution in [0, 0.1) is 19.8 Å². The van der Waals surface area contributed by atoms with Crippen molar-refractivity contribution < 1.29 is 19.1 Å². The predicted molar refractivity (Wildman–Crippen MR) is 139 cm³/mol. The van der Waals surface area contributed by atoms with Crippen molar-refractivity contribution in [3.63, 3.8) is 0 Å². The van der Waals surface area contributed by atoms with E-state index < -0.39 is 18.0 Å². The summed E-state index contributed by atoms with van der Waals surface area (Å²) in [6.45, 7) is 7.47. The summed E-state index contributed by atoms with van der Waals surface area (Å²) in [4.78, 5) is 40.5. The molecule has 0 saturated heterocycles. The number of aryl methyl sites for hydroxylation is 3. The lowest BCUT2D eigenvalue weighted by atomic mass is 10.1. The van der Waals surface area contributed by atoms with Crippen LogP contribution in [-0.2, 0) is 27.2 Å². The zero-order valence-electron chi connectivity index (χ0n) is 20.4. The average molecular weight is 491 g/mol. The lowest BCUT2D eigenvalue weighted by Gasteiger charge is -2.20. The van der Waals surface area contributed by atoms with Crippen LogP contribution in [0.2, 0.25) is 0 Å². The average Bonchev–Trinajstić information content (AvgIpc) is 3.41. The van der Waals surface area contributed by atoms with Crippen molar-refractivity contribution in [2.75, 3.05) is 10.6 Å². The number of carbonyl (C=O) groups excluding carboxylic acids is 3. The lowest BCUT2D eigenvalue weighted by molar-refractivity contribution is -0.125. The second kappa shape index (κ2) is 10.4. The van der Waals surface area contributed by atoms with Crippen LogP contribution in [0.3, 0.4) is 0 Å². The van der Waals surface area contributed by atoms with E-state index in [2.05, 4.69) is 10.6 Å². The van der Waals surface area contributed by atoms with Gasteiger partial charge in [0.05, 0.1) is 5.56 Å². The second-order valence-corrected chi connectivity index (χ2v) is 10.3. The molecule has 1 atom stereocenters. The number of benzene rings is 2. The van der Waals surface area contributed by atoms with Crippen LogP contribution >= 0.6 is 11.3 Å². The van der Waals surface area contributed by atoms with E-state index >= 15 is 0 Å². The van der Waals surface area contributed by atoms with Crippen LogP contribution in [0.25, 0.3) is 0 Å². The van der Waals surface area contributed by atoms with Gasteiger partial charge >= 0.3 is 5.97 Å². The van der Waals surface area contributed by atoms with E-state index in [4.69, 9.17) is 4.74 Å². The van der Waals surface area contributed by atoms with E-state index in [0.29, 0.717) is 21.8 Å². The Morgan fingerprint density at radius 3 is 2.40 bits per heavy atom. The fourth-order valence-corrected chi connectivity index (χ4v) is 5.38. The first-order chi connectivity index (χ1) is 16.7. The Labute approximate surface area is 209 Å². The van der Waals surface area contributed by atoms with Gasteiger partial charge < -0.3 is 15.4 Å². The second-order valence-electron chi connectivity index (χ2n) is 9.21. The van der Waals surface area contributed by atoms with Crippen LogP contribution in [0.5, 0.6) is 0 Å². The number of nitrogens with one attached hydrogen (secondary N) is 2. The number of amides is 2. The molecule has 6 nitrogen and oxygen atoms in total. The minimum absolute atomic E-state index is 0.161. The van der Waals surface area contributed by atoms with E-state index in [9.17, 15) is 14.4 Å². The molecule has 1 aromatic heterocycles. The number of esters is 1. The van der Waals surface area contributed by atoms with Gasteiger partial charge in [-0.15, -0.1) is 11.3 Å². The molecule has 0 bridgehead atoms. The molecular formula is C28H30N2O4S. The fourth-order valence-electron chi connectivity index (χ4n) is 4.10. The topological polar surface area (TPSA) is 84.5 Å². The summed E-state index contributed by atoms with van der Waals surface area (Å²) in [5.41, 5.74) is 4.46. The molecule has 2 N–H and O–H groups in total. The van der Waals surface area contributed by atoms with Crippen molar-refractivity contribution in [1.29, 1.82) is 0 Å². The van der Waals surface area contributed by atoms with Crippen LogP contribution in [-0.4, -0.2) is 17.8 Å². The minimum atomic E-state index is -1.14. The third-order valence-corrected chi connectivity index (χ3v) is 7.31. The van der Waals surface area contributed by atoms with Crippen molar-refractivity contribution in [2.45, 2.75) is 53.1 Å². The summed E-state index contributed by atoms with van der Waals surface area (Å²) >= 11 is 1.43. The lowest BCUT2D eigenvalue weighted by Crippen LogP contribution is -2.27. The van der Waals surface area contributed by atoms with Gasteiger partial charge in [-0.25, -0.2) is 4.79 Å². The first-order valence-corrected chi connectivity index (χ1v) is 12.7.